The van der Waals surface area contributed by atoms with Crippen molar-refractivity contribution in [2.45, 2.75) is 10.8 Å². The lowest BCUT2D eigenvalue weighted by Gasteiger charge is -2.48. The van der Waals surface area contributed by atoms with Gasteiger partial charge in [0.1, 0.15) is 0 Å². The Kier molecular flexibility index (Phi) is 7.47. The van der Waals surface area contributed by atoms with Crippen LogP contribution in [0.3, 0.4) is 0 Å². The average Bonchev–Trinajstić information content (AvgIpc) is 3.82. The molecule has 2 spiro atoms. The first kappa shape index (κ1) is 34.9. The highest BCUT2D eigenvalue weighted by Crippen LogP contribution is 2.67. The molecule has 0 N–H and O–H groups in total. The van der Waals surface area contributed by atoms with E-state index in [1.54, 1.807) is 0 Å². The molecule has 13 rings (SSSR count). The predicted molar refractivity (Wildman–Crippen MR) is 252 cm³/mol. The number of nitrogens with zero attached hydrogens (tertiary/aromatic N) is 2. The summed E-state index contributed by atoms with van der Waals surface area (Å²) < 4.78 is 0. The molecule has 0 aliphatic heterocycles. The molecule has 0 saturated carbocycles. The first-order chi connectivity index (χ1) is 30.8. The van der Waals surface area contributed by atoms with Crippen LogP contribution in [-0.4, -0.2) is 9.97 Å². The minimum Gasteiger partial charge on any atom is -0.228 e. The third-order valence-corrected chi connectivity index (χ3v) is 13.8. The zero-order valence-corrected chi connectivity index (χ0v) is 33.8. The van der Waals surface area contributed by atoms with Gasteiger partial charge in [0, 0.05) is 16.7 Å². The van der Waals surface area contributed by atoms with Gasteiger partial charge in [-0.15, -0.1) is 0 Å². The van der Waals surface area contributed by atoms with Crippen molar-refractivity contribution in [3.8, 4) is 67.3 Å². The third-order valence-electron chi connectivity index (χ3n) is 13.8. The molecule has 9 aromatic carbocycles. The van der Waals surface area contributed by atoms with Gasteiger partial charge in [0.2, 0.25) is 0 Å². The summed E-state index contributed by atoms with van der Waals surface area (Å²) in [5, 5.41) is 0. The quantitative estimate of drug-likeness (QED) is 0.178. The van der Waals surface area contributed by atoms with Crippen LogP contribution >= 0.6 is 0 Å². The minimum atomic E-state index is -0.600. The molecule has 0 atom stereocenters. The summed E-state index contributed by atoms with van der Waals surface area (Å²) in [6.07, 6.45) is 0. The lowest BCUT2D eigenvalue weighted by atomic mass is 9.52. The fourth-order valence-corrected chi connectivity index (χ4v) is 11.4. The largest absolute Gasteiger partial charge is 0.228 e. The van der Waals surface area contributed by atoms with Crippen molar-refractivity contribution in [3.63, 3.8) is 0 Å². The molecule has 62 heavy (non-hydrogen) atoms. The molecular formula is C60H38N2. The van der Waals surface area contributed by atoms with Crippen LogP contribution in [0.25, 0.3) is 67.3 Å². The summed E-state index contributed by atoms with van der Waals surface area (Å²) in [6, 6.07) is 84.5. The highest BCUT2D eigenvalue weighted by Gasteiger charge is 2.59. The molecule has 0 saturated heterocycles. The Labute approximate surface area is 361 Å². The van der Waals surface area contributed by atoms with Gasteiger partial charge in [0.15, 0.2) is 5.82 Å². The number of benzene rings is 9. The fourth-order valence-electron chi connectivity index (χ4n) is 11.4. The first-order valence-electron chi connectivity index (χ1n) is 21.5. The lowest BCUT2D eigenvalue weighted by Crippen LogP contribution is -2.43. The van der Waals surface area contributed by atoms with Crippen molar-refractivity contribution in [3.05, 3.63) is 275 Å². The minimum absolute atomic E-state index is 0.489. The van der Waals surface area contributed by atoms with Crippen LogP contribution in [0.4, 0.5) is 0 Å². The molecule has 1 heterocycles. The predicted octanol–water partition coefficient (Wildman–Crippen LogP) is 14.2. The number of fused-ring (bicyclic) bond motifs is 16. The Morgan fingerprint density at radius 2 is 0.613 bits per heavy atom. The summed E-state index contributed by atoms with van der Waals surface area (Å²) in [5.74, 6) is 0.711. The Morgan fingerprint density at radius 3 is 1.19 bits per heavy atom. The van der Waals surface area contributed by atoms with Gasteiger partial charge in [0.05, 0.1) is 22.2 Å². The van der Waals surface area contributed by atoms with E-state index in [1.807, 2.05) is 0 Å². The zero-order chi connectivity index (χ0) is 40.8. The Hall–Kier alpha value is -7.94. The fraction of sp³-hybridized carbons (Fsp3) is 0.0333. The van der Waals surface area contributed by atoms with E-state index in [4.69, 9.17) is 9.97 Å². The van der Waals surface area contributed by atoms with Gasteiger partial charge in [-0.3, -0.25) is 0 Å². The van der Waals surface area contributed by atoms with Gasteiger partial charge in [0.25, 0.3) is 0 Å². The van der Waals surface area contributed by atoms with E-state index in [1.165, 1.54) is 72.3 Å². The highest BCUT2D eigenvalue weighted by molar-refractivity contribution is 5.98. The van der Waals surface area contributed by atoms with E-state index in [0.29, 0.717) is 5.82 Å². The van der Waals surface area contributed by atoms with Crippen molar-refractivity contribution in [2.75, 3.05) is 0 Å². The maximum absolute atomic E-state index is 5.50. The van der Waals surface area contributed by atoms with Gasteiger partial charge in [-0.25, -0.2) is 9.97 Å². The monoisotopic (exact) mass is 786 g/mol. The SMILES string of the molecule is c1ccc(-c2cccc(-c3cc(-c4ccccc4)nc(-c4cccc5c4-c4ccccc4C54c5ccccc5C5(c6ccccc6-c6ccccc65)c5ccccc54)n3)c2)cc1. The molecule has 3 aliphatic rings. The smallest absolute Gasteiger partial charge is 0.161 e. The standard InChI is InChI=1S/C60H38N2/c1-3-19-39(20-4-1)41-23-17-24-42(37-41)56-38-55(40-21-5-2-6-22-40)61-58(62-56)46-28-18-36-54-57(46)45-27-9-12-31-49(45)60(54)52-34-15-13-32-50(52)59(51-33-14-16-35-53(51)60)47-29-10-7-25-43(47)44-26-8-11-30-48(44)59/h1-38H. The van der Waals surface area contributed by atoms with Gasteiger partial charge in [-0.2, -0.15) is 0 Å². The normalized spacial score (nSPS) is 14.1. The maximum Gasteiger partial charge on any atom is 0.161 e. The van der Waals surface area contributed by atoms with Crippen LogP contribution < -0.4 is 0 Å². The van der Waals surface area contributed by atoms with Crippen molar-refractivity contribution < 1.29 is 0 Å². The van der Waals surface area contributed by atoms with Crippen LogP contribution in [0.2, 0.25) is 0 Å². The number of hydrogen-bond donors (Lipinski definition) is 0. The second-order valence-corrected chi connectivity index (χ2v) is 16.7. The van der Waals surface area contributed by atoms with E-state index in [0.717, 1.165) is 33.6 Å². The summed E-state index contributed by atoms with van der Waals surface area (Å²) in [7, 11) is 0. The average molecular weight is 787 g/mol. The van der Waals surface area contributed by atoms with Gasteiger partial charge < -0.3 is 0 Å². The third kappa shape index (κ3) is 4.64. The van der Waals surface area contributed by atoms with E-state index in [9.17, 15) is 0 Å². The van der Waals surface area contributed by atoms with Crippen LogP contribution in [0, 0.1) is 0 Å². The van der Waals surface area contributed by atoms with Crippen molar-refractivity contribution in [2.24, 2.45) is 0 Å². The Balaban J connectivity index is 1.10. The van der Waals surface area contributed by atoms with E-state index < -0.39 is 10.8 Å². The molecule has 0 fully saturated rings. The van der Waals surface area contributed by atoms with Crippen LogP contribution in [0.15, 0.2) is 231 Å². The molecule has 0 radical (unpaired) electrons. The molecular weight excluding hydrogens is 749 g/mol. The van der Waals surface area contributed by atoms with E-state index in [-0.39, 0.29) is 0 Å². The zero-order valence-electron chi connectivity index (χ0n) is 33.8. The molecule has 1 aromatic heterocycles. The van der Waals surface area contributed by atoms with Crippen LogP contribution in [0.5, 0.6) is 0 Å². The molecule has 2 heteroatoms. The van der Waals surface area contributed by atoms with Crippen molar-refractivity contribution >= 4 is 0 Å². The summed E-state index contributed by atoms with van der Waals surface area (Å²) in [5.41, 5.74) is 21.7. The maximum atomic E-state index is 5.50. The van der Waals surface area contributed by atoms with E-state index in [2.05, 4.69) is 231 Å². The summed E-state index contributed by atoms with van der Waals surface area (Å²) in [6.45, 7) is 0. The number of rotatable bonds is 4. The Morgan fingerprint density at radius 1 is 0.242 bits per heavy atom. The Bertz CT molecular complexity index is 3320. The van der Waals surface area contributed by atoms with Crippen molar-refractivity contribution in [1.29, 1.82) is 0 Å². The second kappa shape index (κ2) is 13.3. The topological polar surface area (TPSA) is 25.8 Å². The highest BCUT2D eigenvalue weighted by atomic mass is 14.9. The van der Waals surface area contributed by atoms with E-state index >= 15 is 0 Å². The summed E-state index contributed by atoms with van der Waals surface area (Å²) >= 11 is 0. The number of aromatic nitrogens is 2. The van der Waals surface area contributed by atoms with Crippen molar-refractivity contribution in [1.82, 2.24) is 9.97 Å². The van der Waals surface area contributed by atoms with Gasteiger partial charge in [-0.05, 0) is 90.0 Å². The molecule has 0 bridgehead atoms. The number of hydrogen-bond acceptors (Lipinski definition) is 2. The van der Waals surface area contributed by atoms with Gasteiger partial charge >= 0.3 is 0 Å². The molecule has 2 nitrogen and oxygen atoms in total. The van der Waals surface area contributed by atoms with Gasteiger partial charge in [-0.1, -0.05) is 218 Å². The second-order valence-electron chi connectivity index (χ2n) is 16.7. The lowest BCUT2D eigenvalue weighted by molar-refractivity contribution is 0.633. The van der Waals surface area contributed by atoms with Crippen LogP contribution in [-0.2, 0) is 10.8 Å². The summed E-state index contributed by atoms with van der Waals surface area (Å²) in [4.78, 5) is 11.0. The van der Waals surface area contributed by atoms with Crippen LogP contribution in [0.1, 0.15) is 44.5 Å². The molecule has 288 valence electrons. The molecule has 0 unspecified atom stereocenters. The molecule has 0 amide bonds. The first-order valence-corrected chi connectivity index (χ1v) is 21.5. The molecule has 3 aliphatic carbocycles. The molecule has 10 aromatic rings.